The molecule has 0 aromatic heterocycles. The summed E-state index contributed by atoms with van der Waals surface area (Å²) in [7, 11) is 3.47. The van der Waals surface area contributed by atoms with Crippen LogP contribution in [0, 0.1) is 0 Å². The van der Waals surface area contributed by atoms with Gasteiger partial charge in [-0.15, -0.1) is 0 Å². The summed E-state index contributed by atoms with van der Waals surface area (Å²) in [5.41, 5.74) is 4.21. The van der Waals surface area contributed by atoms with Crippen molar-refractivity contribution >= 4 is 0 Å². The van der Waals surface area contributed by atoms with Crippen molar-refractivity contribution in [3.8, 4) is 11.5 Å². The van der Waals surface area contributed by atoms with Gasteiger partial charge < -0.3 is 14.2 Å². The number of allylic oxidation sites excluding steroid dienone is 2. The maximum atomic E-state index is 6.52. The Bertz CT molecular complexity index is 797. The molecule has 2 heterocycles. The van der Waals surface area contributed by atoms with Gasteiger partial charge in [-0.1, -0.05) is 19.1 Å². The molecule has 2 aliphatic heterocycles. The molecule has 1 aromatic carbocycles. The van der Waals surface area contributed by atoms with E-state index in [1.165, 1.54) is 23.1 Å². The number of hydrogen-bond acceptors (Lipinski definition) is 4. The van der Waals surface area contributed by atoms with Crippen molar-refractivity contribution in [2.24, 2.45) is 0 Å². The largest absolute Gasteiger partial charge is 0.497 e. The Morgan fingerprint density at radius 3 is 2.88 bits per heavy atom. The topological polar surface area (TPSA) is 30.9 Å². The lowest BCUT2D eigenvalue weighted by Crippen LogP contribution is -2.59. The zero-order chi connectivity index (χ0) is 17.2. The van der Waals surface area contributed by atoms with Crippen LogP contribution in [0.25, 0.3) is 0 Å². The third-order valence-corrected chi connectivity index (χ3v) is 6.51. The summed E-state index contributed by atoms with van der Waals surface area (Å²) >= 11 is 0. The molecule has 3 atom stereocenters. The predicted octanol–water partition coefficient (Wildman–Crippen LogP) is 3.20. The number of piperidine rings is 1. The zero-order valence-corrected chi connectivity index (χ0v) is 15.2. The second kappa shape index (κ2) is 5.28. The molecule has 4 heteroatoms. The first-order chi connectivity index (χ1) is 12.2. The minimum Gasteiger partial charge on any atom is -0.497 e. The monoisotopic (exact) mass is 339 g/mol. The van der Waals surface area contributed by atoms with E-state index in [9.17, 15) is 0 Å². The standard InChI is InChI=1S/C21H25NO3/c1-4-10-22-11-9-21-14-6-8-17(24-3)20(21)25-19-16(23-2)7-5-13(18(19)21)12-15(14)22/h5-8,15,20H,4,9-12H2,1-3H3/t15-,20+,21+/m1/s1. The Morgan fingerprint density at radius 1 is 1.24 bits per heavy atom. The summed E-state index contributed by atoms with van der Waals surface area (Å²) in [6.45, 7) is 4.54. The minimum absolute atomic E-state index is 0.0610. The van der Waals surface area contributed by atoms with Gasteiger partial charge in [-0.2, -0.15) is 0 Å². The molecule has 2 bridgehead atoms. The Balaban J connectivity index is 1.76. The van der Waals surface area contributed by atoms with Crippen molar-refractivity contribution in [1.29, 1.82) is 0 Å². The van der Waals surface area contributed by atoms with E-state index >= 15 is 0 Å². The fraction of sp³-hybridized carbons (Fsp3) is 0.524. The number of likely N-dealkylation sites (tertiary alicyclic amines) is 1. The lowest BCUT2D eigenvalue weighted by molar-refractivity contribution is 0.0643. The van der Waals surface area contributed by atoms with E-state index < -0.39 is 0 Å². The van der Waals surface area contributed by atoms with E-state index in [0.717, 1.165) is 43.2 Å². The number of methoxy groups -OCH3 is 2. The molecular weight excluding hydrogens is 314 g/mol. The van der Waals surface area contributed by atoms with Crippen LogP contribution in [-0.2, 0) is 16.6 Å². The van der Waals surface area contributed by atoms with E-state index in [0.29, 0.717) is 6.04 Å². The van der Waals surface area contributed by atoms with Crippen LogP contribution < -0.4 is 9.47 Å². The summed E-state index contributed by atoms with van der Waals surface area (Å²) in [6, 6.07) is 4.78. The average molecular weight is 339 g/mol. The molecule has 132 valence electrons. The van der Waals surface area contributed by atoms with Gasteiger partial charge in [0.05, 0.1) is 19.6 Å². The lowest BCUT2D eigenvalue weighted by atomic mass is 9.57. The highest BCUT2D eigenvalue weighted by molar-refractivity contribution is 5.67. The van der Waals surface area contributed by atoms with Gasteiger partial charge in [0.1, 0.15) is 5.76 Å². The van der Waals surface area contributed by atoms with Crippen LogP contribution in [0.5, 0.6) is 11.5 Å². The molecular formula is C21H25NO3. The van der Waals surface area contributed by atoms with Gasteiger partial charge in [-0.05, 0) is 49.1 Å². The van der Waals surface area contributed by atoms with Crippen LogP contribution in [0.3, 0.4) is 0 Å². The van der Waals surface area contributed by atoms with Gasteiger partial charge >= 0.3 is 0 Å². The fourth-order valence-corrected chi connectivity index (χ4v) is 5.55. The molecule has 0 saturated carbocycles. The fourth-order valence-electron chi connectivity index (χ4n) is 5.55. The van der Waals surface area contributed by atoms with E-state index in [2.05, 4.69) is 36.1 Å². The number of rotatable bonds is 4. The third-order valence-electron chi connectivity index (χ3n) is 6.51. The molecule has 1 aromatic rings. The van der Waals surface area contributed by atoms with E-state index in [1.807, 2.05) is 0 Å². The SMILES string of the molecule is CCCN1CC[C@@]23C4=CC=C(OC)[C@@H]2Oc2c(OC)ccc(c23)C[C@H]41. The molecule has 1 fully saturated rings. The van der Waals surface area contributed by atoms with Crippen LogP contribution in [0.1, 0.15) is 30.9 Å². The highest BCUT2D eigenvalue weighted by atomic mass is 16.6. The van der Waals surface area contributed by atoms with Crippen LogP contribution in [0.15, 0.2) is 35.6 Å². The van der Waals surface area contributed by atoms with Crippen LogP contribution >= 0.6 is 0 Å². The van der Waals surface area contributed by atoms with Crippen molar-refractivity contribution < 1.29 is 14.2 Å². The second-order valence-electron chi connectivity index (χ2n) is 7.50. The molecule has 4 aliphatic rings. The van der Waals surface area contributed by atoms with E-state index in [-0.39, 0.29) is 11.5 Å². The van der Waals surface area contributed by atoms with Gasteiger partial charge in [0.2, 0.25) is 0 Å². The highest BCUT2D eigenvalue weighted by Crippen LogP contribution is 2.62. The molecule has 1 saturated heterocycles. The molecule has 1 spiro atoms. The Kier molecular flexibility index (Phi) is 3.23. The summed E-state index contributed by atoms with van der Waals surface area (Å²) in [4.78, 5) is 2.66. The first-order valence-corrected chi connectivity index (χ1v) is 9.32. The molecule has 4 nitrogen and oxygen atoms in total. The van der Waals surface area contributed by atoms with Crippen LogP contribution in [0.4, 0.5) is 0 Å². The summed E-state index contributed by atoms with van der Waals surface area (Å²) in [6.07, 6.45) is 7.69. The number of benzene rings is 1. The first kappa shape index (κ1) is 15.3. The van der Waals surface area contributed by atoms with E-state index in [1.54, 1.807) is 14.2 Å². The van der Waals surface area contributed by atoms with Gasteiger partial charge in [-0.25, -0.2) is 0 Å². The maximum Gasteiger partial charge on any atom is 0.169 e. The smallest absolute Gasteiger partial charge is 0.169 e. The second-order valence-corrected chi connectivity index (χ2v) is 7.50. The molecule has 5 rings (SSSR count). The quantitative estimate of drug-likeness (QED) is 0.843. The van der Waals surface area contributed by atoms with Gasteiger partial charge in [-0.3, -0.25) is 4.90 Å². The Labute approximate surface area is 149 Å². The minimum atomic E-state index is -0.0769. The Morgan fingerprint density at radius 2 is 2.12 bits per heavy atom. The Hall–Kier alpha value is -1.94. The van der Waals surface area contributed by atoms with Crippen LogP contribution in [-0.4, -0.2) is 44.4 Å². The van der Waals surface area contributed by atoms with E-state index in [4.69, 9.17) is 14.2 Å². The maximum absolute atomic E-state index is 6.52. The summed E-state index contributed by atoms with van der Waals surface area (Å²) < 4.78 is 17.9. The summed E-state index contributed by atoms with van der Waals surface area (Å²) in [5, 5.41) is 0. The van der Waals surface area contributed by atoms with Crippen molar-refractivity contribution in [3.63, 3.8) is 0 Å². The molecule has 0 radical (unpaired) electrons. The third kappa shape index (κ3) is 1.76. The van der Waals surface area contributed by atoms with Crippen molar-refractivity contribution in [3.05, 3.63) is 46.7 Å². The molecule has 0 unspecified atom stereocenters. The van der Waals surface area contributed by atoms with Crippen molar-refractivity contribution in [2.45, 2.75) is 43.7 Å². The van der Waals surface area contributed by atoms with Crippen LogP contribution in [0.2, 0.25) is 0 Å². The normalized spacial score (nSPS) is 31.6. The zero-order valence-electron chi connectivity index (χ0n) is 15.2. The van der Waals surface area contributed by atoms with Gasteiger partial charge in [0.25, 0.3) is 0 Å². The molecule has 0 N–H and O–H groups in total. The number of nitrogens with zero attached hydrogens (tertiary/aromatic N) is 1. The predicted molar refractivity (Wildman–Crippen MR) is 96.2 cm³/mol. The molecule has 0 amide bonds. The first-order valence-electron chi connectivity index (χ1n) is 9.32. The van der Waals surface area contributed by atoms with Crippen molar-refractivity contribution in [2.75, 3.05) is 27.3 Å². The average Bonchev–Trinajstić information content (AvgIpc) is 2.98. The highest BCUT2D eigenvalue weighted by Gasteiger charge is 2.62. The molecule has 25 heavy (non-hydrogen) atoms. The van der Waals surface area contributed by atoms with Gasteiger partial charge in [0.15, 0.2) is 17.6 Å². The van der Waals surface area contributed by atoms with Crippen molar-refractivity contribution in [1.82, 2.24) is 4.90 Å². The number of hydrogen-bond donors (Lipinski definition) is 0. The molecule has 2 aliphatic carbocycles. The summed E-state index contributed by atoms with van der Waals surface area (Å²) in [5.74, 6) is 2.70. The lowest BCUT2D eigenvalue weighted by Gasteiger charge is -2.53. The van der Waals surface area contributed by atoms with Gasteiger partial charge in [0, 0.05) is 18.2 Å². The number of ether oxygens (including phenoxy) is 3.